The Balaban J connectivity index is 3.16. The SMILES string of the molecule is O=c1cc(B(O)O)[nH]cc1Cl. The van der Waals surface area contributed by atoms with E-state index in [0.29, 0.717) is 0 Å². The fourth-order valence-electron chi connectivity index (χ4n) is 0.619. The molecule has 0 atom stereocenters. The van der Waals surface area contributed by atoms with Gasteiger partial charge in [0.05, 0.1) is 0 Å². The summed E-state index contributed by atoms with van der Waals surface area (Å²) in [7, 11) is -1.67. The summed E-state index contributed by atoms with van der Waals surface area (Å²) in [5.74, 6) is 0. The Morgan fingerprint density at radius 2 is 2.18 bits per heavy atom. The van der Waals surface area contributed by atoms with Crippen molar-refractivity contribution in [1.82, 2.24) is 4.98 Å². The van der Waals surface area contributed by atoms with Crippen molar-refractivity contribution in [2.75, 3.05) is 0 Å². The molecule has 0 aromatic carbocycles. The average Bonchev–Trinajstić information content (AvgIpc) is 1.94. The third kappa shape index (κ3) is 1.83. The normalized spacial score (nSPS) is 9.73. The summed E-state index contributed by atoms with van der Waals surface area (Å²) in [5, 5.41) is 17.2. The first-order valence-corrected chi connectivity index (χ1v) is 3.23. The maximum absolute atomic E-state index is 10.8. The Morgan fingerprint density at radius 1 is 1.55 bits per heavy atom. The minimum Gasteiger partial charge on any atom is -0.422 e. The third-order valence-corrected chi connectivity index (χ3v) is 1.46. The maximum Gasteiger partial charge on any atom is 0.505 e. The van der Waals surface area contributed by atoms with Gasteiger partial charge in [-0.3, -0.25) is 4.79 Å². The highest BCUT2D eigenvalue weighted by molar-refractivity contribution is 6.57. The predicted octanol–water partition coefficient (Wildman–Crippen LogP) is -1.29. The first-order chi connectivity index (χ1) is 5.11. The number of rotatable bonds is 1. The number of H-pyrrole nitrogens is 1. The van der Waals surface area contributed by atoms with E-state index in [-0.39, 0.29) is 10.6 Å². The number of pyridine rings is 1. The van der Waals surface area contributed by atoms with Crippen LogP contribution in [-0.4, -0.2) is 22.2 Å². The quantitative estimate of drug-likeness (QED) is 0.463. The van der Waals surface area contributed by atoms with Crippen molar-refractivity contribution >= 4 is 24.3 Å². The topological polar surface area (TPSA) is 73.3 Å². The molecule has 1 aromatic heterocycles. The van der Waals surface area contributed by atoms with Gasteiger partial charge >= 0.3 is 7.12 Å². The van der Waals surface area contributed by atoms with Crippen LogP contribution >= 0.6 is 11.6 Å². The van der Waals surface area contributed by atoms with Crippen LogP contribution < -0.4 is 11.0 Å². The molecule has 0 spiro atoms. The van der Waals surface area contributed by atoms with Gasteiger partial charge in [-0.15, -0.1) is 0 Å². The summed E-state index contributed by atoms with van der Waals surface area (Å²) in [6.07, 6.45) is 1.21. The summed E-state index contributed by atoms with van der Waals surface area (Å²) in [6, 6.07) is 1.03. The molecular weight excluding hydrogens is 168 g/mol. The smallest absolute Gasteiger partial charge is 0.422 e. The van der Waals surface area contributed by atoms with Crippen molar-refractivity contribution in [1.29, 1.82) is 0 Å². The standard InChI is InChI=1S/C5H5BClNO3/c7-3-2-8-5(6(10)11)1-4(3)9/h1-2,10-11H,(H,8,9). The van der Waals surface area contributed by atoms with Gasteiger partial charge in [0.25, 0.3) is 0 Å². The van der Waals surface area contributed by atoms with Crippen molar-refractivity contribution in [3.63, 3.8) is 0 Å². The zero-order valence-corrected chi connectivity index (χ0v) is 6.17. The second-order valence-electron chi connectivity index (χ2n) is 1.97. The number of aromatic amines is 1. The van der Waals surface area contributed by atoms with Crippen LogP contribution in [0.4, 0.5) is 0 Å². The van der Waals surface area contributed by atoms with Gasteiger partial charge in [-0.1, -0.05) is 11.6 Å². The van der Waals surface area contributed by atoms with Crippen molar-refractivity contribution in [2.45, 2.75) is 0 Å². The lowest BCUT2D eigenvalue weighted by Gasteiger charge is -1.97. The van der Waals surface area contributed by atoms with Crippen LogP contribution in [0.15, 0.2) is 17.1 Å². The molecule has 0 amide bonds. The van der Waals surface area contributed by atoms with E-state index in [4.69, 9.17) is 21.6 Å². The molecule has 0 aliphatic rings. The molecule has 0 radical (unpaired) electrons. The van der Waals surface area contributed by atoms with Gasteiger partial charge in [-0.25, -0.2) is 0 Å². The molecule has 58 valence electrons. The zero-order valence-electron chi connectivity index (χ0n) is 5.41. The Morgan fingerprint density at radius 3 is 2.64 bits per heavy atom. The highest BCUT2D eigenvalue weighted by Gasteiger charge is 2.11. The first-order valence-electron chi connectivity index (χ1n) is 2.85. The maximum atomic E-state index is 10.8. The van der Waals surface area contributed by atoms with Crippen molar-refractivity contribution < 1.29 is 10.0 Å². The van der Waals surface area contributed by atoms with Crippen molar-refractivity contribution in [3.8, 4) is 0 Å². The van der Waals surface area contributed by atoms with E-state index in [0.717, 1.165) is 6.07 Å². The van der Waals surface area contributed by atoms with E-state index in [9.17, 15) is 4.79 Å². The lowest BCUT2D eigenvalue weighted by Crippen LogP contribution is -2.34. The lowest BCUT2D eigenvalue weighted by atomic mass is 9.86. The molecule has 0 aliphatic heterocycles. The van der Waals surface area contributed by atoms with Gasteiger partial charge in [0.1, 0.15) is 5.02 Å². The molecule has 0 saturated heterocycles. The van der Waals surface area contributed by atoms with Crippen LogP contribution in [0.2, 0.25) is 5.02 Å². The van der Waals surface area contributed by atoms with Crippen LogP contribution in [0, 0.1) is 0 Å². The Bertz CT molecular complexity index is 311. The molecule has 0 aliphatic carbocycles. The van der Waals surface area contributed by atoms with Crippen LogP contribution in [0.25, 0.3) is 0 Å². The minimum atomic E-state index is -1.67. The van der Waals surface area contributed by atoms with Gasteiger partial charge in [0.2, 0.25) is 0 Å². The molecule has 11 heavy (non-hydrogen) atoms. The molecule has 4 nitrogen and oxygen atoms in total. The molecule has 0 saturated carbocycles. The van der Waals surface area contributed by atoms with E-state index in [2.05, 4.69) is 4.98 Å². The Hall–Kier alpha value is -0.775. The van der Waals surface area contributed by atoms with Crippen LogP contribution in [0.3, 0.4) is 0 Å². The fraction of sp³-hybridized carbons (Fsp3) is 0. The van der Waals surface area contributed by atoms with E-state index in [1.54, 1.807) is 0 Å². The molecule has 1 aromatic rings. The summed E-state index contributed by atoms with van der Waals surface area (Å²) < 4.78 is 0. The van der Waals surface area contributed by atoms with Gasteiger partial charge in [-0.05, 0) is 0 Å². The fourth-order valence-corrected chi connectivity index (χ4v) is 0.728. The average molecular weight is 173 g/mol. The number of aromatic nitrogens is 1. The van der Waals surface area contributed by atoms with Crippen molar-refractivity contribution in [2.24, 2.45) is 0 Å². The monoisotopic (exact) mass is 173 g/mol. The lowest BCUT2D eigenvalue weighted by molar-refractivity contribution is 0.424. The molecule has 0 fully saturated rings. The van der Waals surface area contributed by atoms with Crippen LogP contribution in [0.5, 0.6) is 0 Å². The Labute approximate surface area is 67.6 Å². The molecule has 6 heteroatoms. The number of nitrogens with one attached hydrogen (secondary N) is 1. The van der Waals surface area contributed by atoms with Gasteiger partial charge in [0, 0.05) is 17.9 Å². The van der Waals surface area contributed by atoms with Crippen LogP contribution in [-0.2, 0) is 0 Å². The molecule has 0 bridgehead atoms. The molecular formula is C5H5BClNO3. The first kappa shape index (κ1) is 8.32. The van der Waals surface area contributed by atoms with E-state index >= 15 is 0 Å². The summed E-state index contributed by atoms with van der Waals surface area (Å²) in [4.78, 5) is 13.2. The summed E-state index contributed by atoms with van der Waals surface area (Å²) in [5.41, 5.74) is -0.409. The Kier molecular flexibility index (Phi) is 2.33. The van der Waals surface area contributed by atoms with E-state index in [1.165, 1.54) is 6.20 Å². The highest BCUT2D eigenvalue weighted by atomic mass is 35.5. The molecule has 3 N–H and O–H groups in total. The largest absolute Gasteiger partial charge is 0.505 e. The van der Waals surface area contributed by atoms with Crippen LogP contribution in [0.1, 0.15) is 0 Å². The number of hydrogen-bond acceptors (Lipinski definition) is 3. The molecule has 1 heterocycles. The van der Waals surface area contributed by atoms with Gasteiger partial charge in [0.15, 0.2) is 5.43 Å². The van der Waals surface area contributed by atoms with Crippen molar-refractivity contribution in [3.05, 3.63) is 27.5 Å². The second kappa shape index (κ2) is 3.08. The van der Waals surface area contributed by atoms with Gasteiger partial charge < -0.3 is 15.0 Å². The van der Waals surface area contributed by atoms with E-state index in [1.807, 2.05) is 0 Å². The summed E-state index contributed by atoms with van der Waals surface area (Å²) >= 11 is 5.38. The highest BCUT2D eigenvalue weighted by Crippen LogP contribution is 1.93. The predicted molar refractivity (Wildman–Crippen MR) is 41.9 cm³/mol. The minimum absolute atomic E-state index is 0.0226. The number of halogens is 1. The zero-order chi connectivity index (χ0) is 8.43. The molecule has 1 rings (SSSR count). The third-order valence-electron chi connectivity index (χ3n) is 1.17. The van der Waals surface area contributed by atoms with Gasteiger partial charge in [-0.2, -0.15) is 0 Å². The second-order valence-corrected chi connectivity index (χ2v) is 2.38. The number of hydrogen-bond donors (Lipinski definition) is 3. The van der Waals surface area contributed by atoms with E-state index < -0.39 is 12.5 Å². The molecule has 0 unspecified atom stereocenters. The summed E-state index contributed by atoms with van der Waals surface area (Å²) in [6.45, 7) is 0.